The number of fused-ring (bicyclic) bond motifs is 1. The van der Waals surface area contributed by atoms with Crippen LogP contribution in [0.4, 0.5) is 10.7 Å². The molecule has 0 fully saturated rings. The molecule has 1 aliphatic carbocycles. The first-order valence-corrected chi connectivity index (χ1v) is 9.16. The van der Waals surface area contributed by atoms with E-state index < -0.39 is 10.9 Å². The third-order valence-corrected chi connectivity index (χ3v) is 5.37. The summed E-state index contributed by atoms with van der Waals surface area (Å²) in [7, 11) is 0. The fourth-order valence-corrected chi connectivity index (χ4v) is 4.16. The number of aliphatic imine (C=N–C) groups is 1. The Hall–Kier alpha value is -2.74. The Morgan fingerprint density at radius 3 is 2.92 bits per heavy atom. The van der Waals surface area contributed by atoms with Crippen LogP contribution in [0, 0.1) is 10.1 Å². The van der Waals surface area contributed by atoms with E-state index in [1.54, 1.807) is 6.92 Å². The second-order valence-electron chi connectivity index (χ2n) is 5.87. The molecular weight excluding hydrogens is 356 g/mol. The first-order chi connectivity index (χ1) is 12.5. The highest BCUT2D eigenvalue weighted by Crippen LogP contribution is 2.40. The van der Waals surface area contributed by atoms with Crippen molar-refractivity contribution < 1.29 is 19.6 Å². The van der Waals surface area contributed by atoms with Crippen LogP contribution in [-0.2, 0) is 17.6 Å². The summed E-state index contributed by atoms with van der Waals surface area (Å²) in [5, 5.41) is 21.3. The van der Waals surface area contributed by atoms with Gasteiger partial charge in [-0.2, -0.15) is 0 Å². The average Bonchev–Trinajstić information content (AvgIpc) is 2.99. The Balaban J connectivity index is 2.01. The number of hydrogen-bond donors (Lipinski definition) is 1. The van der Waals surface area contributed by atoms with Crippen LogP contribution < -0.4 is 0 Å². The predicted octanol–water partition coefficient (Wildman–Crippen LogP) is 4.17. The normalized spacial score (nSPS) is 13.6. The van der Waals surface area contributed by atoms with Crippen LogP contribution >= 0.6 is 11.3 Å². The van der Waals surface area contributed by atoms with Gasteiger partial charge in [-0.15, -0.1) is 11.3 Å². The smallest absolute Gasteiger partial charge is 0.341 e. The summed E-state index contributed by atoms with van der Waals surface area (Å²) >= 11 is 1.44. The number of phenols is 1. The number of rotatable bonds is 5. The molecule has 0 atom stereocenters. The molecule has 1 heterocycles. The van der Waals surface area contributed by atoms with Gasteiger partial charge in [-0.3, -0.25) is 10.1 Å². The van der Waals surface area contributed by atoms with Crippen molar-refractivity contribution in [3.8, 4) is 5.75 Å². The van der Waals surface area contributed by atoms with E-state index in [4.69, 9.17) is 4.74 Å². The number of nitrogens with zero attached hydrogens (tertiary/aromatic N) is 2. The number of esters is 1. The third kappa shape index (κ3) is 3.60. The highest BCUT2D eigenvalue weighted by Gasteiger charge is 2.26. The number of benzene rings is 1. The monoisotopic (exact) mass is 374 g/mol. The highest BCUT2D eigenvalue weighted by molar-refractivity contribution is 7.16. The quantitative estimate of drug-likeness (QED) is 0.366. The fraction of sp³-hybridized carbons (Fsp3) is 0.333. The molecule has 1 aromatic heterocycles. The van der Waals surface area contributed by atoms with Crippen molar-refractivity contribution >= 4 is 34.2 Å². The number of ether oxygens (including phenoxy) is 1. The number of carbonyl (C=O) groups is 1. The molecule has 0 saturated carbocycles. The van der Waals surface area contributed by atoms with Crippen LogP contribution in [0.1, 0.15) is 46.1 Å². The van der Waals surface area contributed by atoms with Crippen LogP contribution in [0.2, 0.25) is 0 Å². The van der Waals surface area contributed by atoms with Gasteiger partial charge in [0, 0.05) is 28.8 Å². The minimum Gasteiger partial charge on any atom is -0.507 e. The van der Waals surface area contributed by atoms with Crippen molar-refractivity contribution in [3.05, 3.63) is 49.9 Å². The van der Waals surface area contributed by atoms with Crippen LogP contribution in [0.25, 0.3) is 0 Å². The molecule has 2 aromatic rings. The van der Waals surface area contributed by atoms with E-state index in [-0.39, 0.29) is 23.6 Å². The fourth-order valence-electron chi connectivity index (χ4n) is 2.94. The molecule has 0 unspecified atom stereocenters. The van der Waals surface area contributed by atoms with E-state index in [0.717, 1.165) is 36.1 Å². The second-order valence-corrected chi connectivity index (χ2v) is 6.95. The summed E-state index contributed by atoms with van der Waals surface area (Å²) in [4.78, 5) is 28.3. The highest BCUT2D eigenvalue weighted by atomic mass is 32.1. The Kier molecular flexibility index (Phi) is 5.32. The first kappa shape index (κ1) is 18.1. The maximum Gasteiger partial charge on any atom is 0.341 e. The number of hydrogen-bond acceptors (Lipinski definition) is 7. The first-order valence-electron chi connectivity index (χ1n) is 8.34. The maximum atomic E-state index is 12.4. The summed E-state index contributed by atoms with van der Waals surface area (Å²) in [5.74, 6) is -0.513. The molecule has 3 rings (SSSR count). The van der Waals surface area contributed by atoms with Crippen molar-refractivity contribution in [2.45, 2.75) is 32.6 Å². The van der Waals surface area contributed by atoms with Gasteiger partial charge in [0.15, 0.2) is 0 Å². The molecule has 136 valence electrons. The van der Waals surface area contributed by atoms with Gasteiger partial charge < -0.3 is 9.84 Å². The Morgan fingerprint density at radius 2 is 2.19 bits per heavy atom. The van der Waals surface area contributed by atoms with Gasteiger partial charge in [-0.1, -0.05) is 0 Å². The summed E-state index contributed by atoms with van der Waals surface area (Å²) < 4.78 is 5.17. The van der Waals surface area contributed by atoms with E-state index in [1.165, 1.54) is 35.8 Å². The summed E-state index contributed by atoms with van der Waals surface area (Å²) in [6.45, 7) is 2.03. The predicted molar refractivity (Wildman–Crippen MR) is 98.9 cm³/mol. The van der Waals surface area contributed by atoms with Crippen molar-refractivity contribution in [1.82, 2.24) is 0 Å². The van der Waals surface area contributed by atoms with Gasteiger partial charge in [-0.25, -0.2) is 9.79 Å². The minimum atomic E-state index is -0.537. The molecule has 1 N–H and O–H groups in total. The van der Waals surface area contributed by atoms with E-state index in [2.05, 4.69) is 4.99 Å². The average molecular weight is 374 g/mol. The zero-order valence-corrected chi connectivity index (χ0v) is 15.0. The number of aromatic hydroxyl groups is 1. The van der Waals surface area contributed by atoms with Gasteiger partial charge in [0.2, 0.25) is 0 Å². The molecular formula is C18H18N2O5S. The number of carbonyl (C=O) groups excluding carboxylic acids is 1. The summed E-state index contributed by atoms with van der Waals surface area (Å²) in [6.07, 6.45) is 5.17. The molecule has 0 aliphatic heterocycles. The summed E-state index contributed by atoms with van der Waals surface area (Å²) in [6, 6.07) is 3.72. The lowest BCUT2D eigenvalue weighted by atomic mass is 9.95. The van der Waals surface area contributed by atoms with Crippen molar-refractivity contribution in [2.24, 2.45) is 4.99 Å². The molecule has 0 spiro atoms. The van der Waals surface area contributed by atoms with Gasteiger partial charge in [-0.05, 0) is 44.2 Å². The molecule has 26 heavy (non-hydrogen) atoms. The summed E-state index contributed by atoms with van der Waals surface area (Å²) in [5.41, 5.74) is 1.56. The molecule has 1 aliphatic rings. The number of phenolic OH excluding ortho intramolecular Hbond substituents is 1. The lowest BCUT2D eigenvalue weighted by Gasteiger charge is -2.11. The van der Waals surface area contributed by atoms with Crippen LogP contribution in [0.15, 0.2) is 23.2 Å². The molecule has 0 saturated heterocycles. The lowest BCUT2D eigenvalue weighted by Crippen LogP contribution is -2.09. The number of non-ortho nitro benzene ring substituents is 1. The number of nitro benzene ring substituents is 1. The molecule has 0 bridgehead atoms. The van der Waals surface area contributed by atoms with Crippen molar-refractivity contribution in [1.29, 1.82) is 0 Å². The largest absolute Gasteiger partial charge is 0.507 e. The zero-order chi connectivity index (χ0) is 18.7. The van der Waals surface area contributed by atoms with Crippen molar-refractivity contribution in [3.63, 3.8) is 0 Å². The third-order valence-electron chi connectivity index (χ3n) is 4.18. The molecule has 8 heteroatoms. The Morgan fingerprint density at radius 1 is 1.42 bits per heavy atom. The minimum absolute atomic E-state index is 0.113. The van der Waals surface area contributed by atoms with Crippen molar-refractivity contribution in [2.75, 3.05) is 6.61 Å². The molecule has 1 aromatic carbocycles. The topological polar surface area (TPSA) is 102 Å². The second kappa shape index (κ2) is 7.65. The van der Waals surface area contributed by atoms with E-state index in [0.29, 0.717) is 10.6 Å². The van der Waals surface area contributed by atoms with Gasteiger partial charge in [0.05, 0.1) is 17.1 Å². The van der Waals surface area contributed by atoms with E-state index >= 15 is 0 Å². The molecule has 0 radical (unpaired) electrons. The molecule has 0 amide bonds. The lowest BCUT2D eigenvalue weighted by molar-refractivity contribution is -0.384. The number of nitro groups is 1. The molecule has 7 nitrogen and oxygen atoms in total. The van der Waals surface area contributed by atoms with E-state index in [9.17, 15) is 20.0 Å². The SMILES string of the molecule is CCOC(=O)c1c(N=Cc2cc([N+](=O)[O-])ccc2O)sc2c1CCCC2. The van der Waals surface area contributed by atoms with E-state index in [1.807, 2.05) is 0 Å². The van der Waals surface area contributed by atoms with Gasteiger partial charge in [0.25, 0.3) is 5.69 Å². The maximum absolute atomic E-state index is 12.4. The van der Waals surface area contributed by atoms with Crippen LogP contribution in [0.5, 0.6) is 5.75 Å². The van der Waals surface area contributed by atoms with Crippen LogP contribution in [-0.4, -0.2) is 28.8 Å². The van der Waals surface area contributed by atoms with Gasteiger partial charge in [0.1, 0.15) is 10.8 Å². The van der Waals surface area contributed by atoms with Gasteiger partial charge >= 0.3 is 5.97 Å². The standard InChI is InChI=1S/C18H18N2O5S/c1-2-25-18(22)16-13-5-3-4-6-15(13)26-17(16)19-10-11-9-12(20(23)24)7-8-14(11)21/h7-10,21H,2-6H2,1H3. The Labute approximate surface area is 154 Å². The van der Waals surface area contributed by atoms with Crippen LogP contribution in [0.3, 0.4) is 0 Å². The Bertz CT molecular complexity index is 888. The number of thiophene rings is 1. The zero-order valence-electron chi connectivity index (χ0n) is 14.2. The number of aryl methyl sites for hydroxylation is 1.